The molecule has 0 radical (unpaired) electrons. The quantitative estimate of drug-likeness (QED) is 0.578. The highest BCUT2D eigenvalue weighted by atomic mass is 16.6. The molecule has 4 aliphatic heterocycles. The van der Waals surface area contributed by atoms with Crippen molar-refractivity contribution in [3.63, 3.8) is 0 Å². The predicted molar refractivity (Wildman–Crippen MR) is 103 cm³/mol. The van der Waals surface area contributed by atoms with Crippen molar-refractivity contribution in [1.29, 1.82) is 0 Å². The van der Waals surface area contributed by atoms with Crippen molar-refractivity contribution < 1.29 is 19.0 Å². The van der Waals surface area contributed by atoms with E-state index >= 15 is 0 Å². The Labute approximate surface area is 165 Å². The minimum Gasteiger partial charge on any atom is -0.497 e. The molecule has 6 unspecified atom stereocenters. The van der Waals surface area contributed by atoms with E-state index in [-0.39, 0.29) is 30.1 Å². The van der Waals surface area contributed by atoms with Gasteiger partial charge in [0.25, 0.3) is 0 Å². The first-order chi connectivity index (χ1) is 13.5. The second-order valence-corrected chi connectivity index (χ2v) is 8.82. The van der Waals surface area contributed by atoms with E-state index in [1.807, 2.05) is 6.07 Å². The van der Waals surface area contributed by atoms with E-state index in [0.717, 1.165) is 30.8 Å². The van der Waals surface area contributed by atoms with Gasteiger partial charge in [-0.2, -0.15) is 0 Å². The van der Waals surface area contributed by atoms with E-state index in [2.05, 4.69) is 42.0 Å². The normalized spacial score (nSPS) is 43.4. The number of nitrogens with zero attached hydrogens (tertiary/aromatic N) is 2. The molecule has 1 aromatic carbocycles. The minimum atomic E-state index is -0.505. The van der Waals surface area contributed by atoms with Gasteiger partial charge < -0.3 is 19.1 Å². The molecule has 0 aromatic heterocycles. The summed E-state index contributed by atoms with van der Waals surface area (Å²) in [5.41, 5.74) is 2.83. The molecule has 1 saturated carbocycles. The van der Waals surface area contributed by atoms with Gasteiger partial charge in [-0.1, -0.05) is 11.6 Å². The molecule has 4 fully saturated rings. The zero-order valence-electron chi connectivity index (χ0n) is 16.8. The van der Waals surface area contributed by atoms with E-state index < -0.39 is 11.1 Å². The number of likely N-dealkylation sites (N-methyl/N-ethyl adjacent to an activating group) is 1. The fourth-order valence-electron chi connectivity index (χ4n) is 7.39. The van der Waals surface area contributed by atoms with E-state index in [1.54, 1.807) is 7.11 Å². The monoisotopic (exact) mass is 382 g/mol. The lowest BCUT2D eigenvalue weighted by atomic mass is 9.66. The van der Waals surface area contributed by atoms with E-state index in [0.29, 0.717) is 0 Å². The zero-order chi connectivity index (χ0) is 19.4. The van der Waals surface area contributed by atoms with Crippen molar-refractivity contribution in [2.75, 3.05) is 32.7 Å². The molecule has 6 atom stereocenters. The summed E-state index contributed by atoms with van der Waals surface area (Å²) in [6.07, 6.45) is 4.00. The van der Waals surface area contributed by atoms with Crippen molar-refractivity contribution in [1.82, 2.24) is 4.90 Å². The summed E-state index contributed by atoms with van der Waals surface area (Å²) in [4.78, 5) is 18.1. The molecule has 6 rings (SSSR count). The van der Waals surface area contributed by atoms with Gasteiger partial charge in [-0.25, -0.2) is 0 Å². The van der Waals surface area contributed by atoms with Crippen LogP contribution < -0.4 is 9.64 Å². The Morgan fingerprint density at radius 1 is 1.36 bits per heavy atom. The van der Waals surface area contributed by atoms with Gasteiger partial charge >= 0.3 is 5.97 Å². The van der Waals surface area contributed by atoms with Gasteiger partial charge in [0.05, 0.1) is 31.6 Å². The Balaban J connectivity index is 1.64. The Bertz CT molecular complexity index is 929. The van der Waals surface area contributed by atoms with Crippen LogP contribution in [-0.2, 0) is 19.7 Å². The maximum absolute atomic E-state index is 13.3. The highest BCUT2D eigenvalue weighted by molar-refractivity contribution is 5.83. The van der Waals surface area contributed by atoms with Crippen molar-refractivity contribution in [2.24, 2.45) is 11.8 Å². The Morgan fingerprint density at radius 2 is 2.18 bits per heavy atom. The SMILES string of the molecule is CC=C1CC2C(C(=O)OC)C34CC5OC3(C2N5C1)N(C)c1ccc(OC)cc14. The molecule has 1 aromatic rings. The molecule has 28 heavy (non-hydrogen) atoms. The lowest BCUT2D eigenvalue weighted by Gasteiger charge is -2.46. The third kappa shape index (κ3) is 1.49. The summed E-state index contributed by atoms with van der Waals surface area (Å²) in [5, 5.41) is 0. The summed E-state index contributed by atoms with van der Waals surface area (Å²) in [5.74, 6) is 0.695. The van der Waals surface area contributed by atoms with Gasteiger partial charge in [0.1, 0.15) is 12.0 Å². The van der Waals surface area contributed by atoms with Crippen LogP contribution in [0.4, 0.5) is 5.69 Å². The molecule has 6 heteroatoms. The average molecular weight is 382 g/mol. The molecule has 6 nitrogen and oxygen atoms in total. The number of methoxy groups -OCH3 is 2. The standard InChI is InChI=1S/C22H26N2O4/c1-5-12-8-14-18(20(25)27-4)21-10-17-24(11-12)19(14)22(21,28-17)23(2)16-7-6-13(26-3)9-15(16)21/h5-7,9,14,17-19H,8,10-11H2,1-4H3. The van der Waals surface area contributed by atoms with Crippen LogP contribution in [0.25, 0.3) is 0 Å². The zero-order valence-corrected chi connectivity index (χ0v) is 16.8. The first kappa shape index (κ1) is 16.9. The van der Waals surface area contributed by atoms with Gasteiger partial charge in [-0.3, -0.25) is 9.69 Å². The highest BCUT2D eigenvalue weighted by Crippen LogP contribution is 2.76. The molecule has 1 aliphatic carbocycles. The molecule has 148 valence electrons. The number of ether oxygens (including phenoxy) is 3. The molecule has 2 bridgehead atoms. The van der Waals surface area contributed by atoms with E-state index in [4.69, 9.17) is 14.2 Å². The Morgan fingerprint density at radius 3 is 2.89 bits per heavy atom. The lowest BCUT2D eigenvalue weighted by molar-refractivity contribution is -0.150. The molecule has 1 spiro atoms. The average Bonchev–Trinajstić information content (AvgIpc) is 3.36. The number of allylic oxidation sites excluding steroid dienone is 1. The summed E-state index contributed by atoms with van der Waals surface area (Å²) >= 11 is 0. The largest absolute Gasteiger partial charge is 0.497 e. The summed E-state index contributed by atoms with van der Waals surface area (Å²) in [6.45, 7) is 3.03. The molecule has 0 amide bonds. The fourth-order valence-corrected chi connectivity index (χ4v) is 7.39. The third-order valence-corrected chi connectivity index (χ3v) is 8.24. The van der Waals surface area contributed by atoms with Crippen LogP contribution in [0.5, 0.6) is 5.75 Å². The number of fused-ring (bicyclic) bond motifs is 3. The van der Waals surface area contributed by atoms with Gasteiger partial charge in [0, 0.05) is 25.7 Å². The molecule has 3 saturated heterocycles. The number of esters is 1. The highest BCUT2D eigenvalue weighted by Gasteiger charge is 2.86. The van der Waals surface area contributed by atoms with Crippen LogP contribution in [0.2, 0.25) is 0 Å². The third-order valence-electron chi connectivity index (χ3n) is 8.24. The second kappa shape index (κ2) is 5.10. The molecule has 0 N–H and O–H groups in total. The second-order valence-electron chi connectivity index (χ2n) is 8.82. The molecular formula is C22H26N2O4. The number of carbonyl (C=O) groups is 1. The molecular weight excluding hydrogens is 356 g/mol. The van der Waals surface area contributed by atoms with Crippen molar-refractivity contribution in [3.05, 3.63) is 35.4 Å². The maximum atomic E-state index is 13.3. The number of piperidine rings is 2. The number of carbonyl (C=O) groups excluding carboxylic acids is 1. The summed E-state index contributed by atoms with van der Waals surface area (Å²) in [6, 6.07) is 6.43. The smallest absolute Gasteiger partial charge is 0.310 e. The number of benzene rings is 1. The van der Waals surface area contributed by atoms with Crippen LogP contribution in [0, 0.1) is 11.8 Å². The lowest BCUT2D eigenvalue weighted by Crippen LogP contribution is -2.63. The van der Waals surface area contributed by atoms with Crippen LogP contribution in [0.3, 0.4) is 0 Å². The molecule has 5 aliphatic rings. The number of hydrogen-bond acceptors (Lipinski definition) is 6. The molecule has 4 heterocycles. The summed E-state index contributed by atoms with van der Waals surface area (Å²) < 4.78 is 17.8. The van der Waals surface area contributed by atoms with Crippen LogP contribution in [0.1, 0.15) is 25.3 Å². The van der Waals surface area contributed by atoms with Crippen LogP contribution in [-0.4, -0.2) is 56.7 Å². The van der Waals surface area contributed by atoms with Gasteiger partial charge in [-0.15, -0.1) is 0 Å². The number of rotatable bonds is 2. The minimum absolute atomic E-state index is 0.0409. The number of hydrogen-bond donors (Lipinski definition) is 0. The Kier molecular flexibility index (Phi) is 3.07. The Hall–Kier alpha value is -2.05. The van der Waals surface area contributed by atoms with Gasteiger partial charge in [0.15, 0.2) is 5.72 Å². The van der Waals surface area contributed by atoms with E-state index in [9.17, 15) is 4.79 Å². The predicted octanol–water partition coefficient (Wildman–Crippen LogP) is 2.28. The van der Waals surface area contributed by atoms with Crippen LogP contribution in [0.15, 0.2) is 29.8 Å². The van der Waals surface area contributed by atoms with Crippen LogP contribution >= 0.6 is 0 Å². The first-order valence-corrected chi connectivity index (χ1v) is 10.1. The topological polar surface area (TPSA) is 51.2 Å². The summed E-state index contributed by atoms with van der Waals surface area (Å²) in [7, 11) is 5.33. The van der Waals surface area contributed by atoms with Gasteiger partial charge in [-0.05, 0) is 43.0 Å². The maximum Gasteiger partial charge on any atom is 0.310 e. The fraction of sp³-hybridized carbons (Fsp3) is 0.591. The van der Waals surface area contributed by atoms with E-state index in [1.165, 1.54) is 18.2 Å². The van der Waals surface area contributed by atoms with Crippen molar-refractivity contribution in [3.8, 4) is 5.75 Å². The van der Waals surface area contributed by atoms with Gasteiger partial charge in [0.2, 0.25) is 0 Å². The first-order valence-electron chi connectivity index (χ1n) is 10.1. The van der Waals surface area contributed by atoms with Crippen molar-refractivity contribution in [2.45, 2.75) is 43.2 Å². The van der Waals surface area contributed by atoms with Crippen molar-refractivity contribution >= 4 is 11.7 Å². The number of anilines is 1.